The fraction of sp³-hybridized carbons (Fsp3) is 0.562. The van der Waals surface area contributed by atoms with Gasteiger partial charge in [0.15, 0.2) is 17.6 Å². The van der Waals surface area contributed by atoms with Gasteiger partial charge in [-0.1, -0.05) is 26.8 Å². The summed E-state index contributed by atoms with van der Waals surface area (Å²) in [7, 11) is 0. The maximum Gasteiger partial charge on any atom is 0.184 e. The number of nitrogens with one attached hydrogen (secondary N) is 1. The van der Waals surface area contributed by atoms with E-state index < -0.39 is 6.10 Å². The van der Waals surface area contributed by atoms with E-state index in [0.717, 1.165) is 12.1 Å². The molecule has 0 aliphatic carbocycles. The molecule has 1 N–H and O–H groups in total. The highest BCUT2D eigenvalue weighted by Crippen LogP contribution is 2.29. The van der Waals surface area contributed by atoms with Crippen molar-refractivity contribution in [2.75, 3.05) is 6.61 Å². The van der Waals surface area contributed by atoms with Gasteiger partial charge in [0.05, 0.1) is 6.61 Å². The second-order valence-corrected chi connectivity index (χ2v) is 4.89. The molecule has 1 aromatic carbocycles. The Kier molecular flexibility index (Phi) is 6.89. The SMILES string of the molecule is CCOc1cc(CNC(C)C)ccc1OC(C#N)CC. The van der Waals surface area contributed by atoms with Gasteiger partial charge >= 0.3 is 0 Å². The maximum atomic E-state index is 8.98. The van der Waals surface area contributed by atoms with Crippen LogP contribution in [0.1, 0.15) is 39.7 Å². The molecule has 1 rings (SSSR count). The summed E-state index contributed by atoms with van der Waals surface area (Å²) in [6.07, 6.45) is 0.215. The van der Waals surface area contributed by atoms with Gasteiger partial charge in [0.1, 0.15) is 6.07 Å². The van der Waals surface area contributed by atoms with Crippen LogP contribution in [-0.4, -0.2) is 18.8 Å². The number of benzene rings is 1. The van der Waals surface area contributed by atoms with E-state index in [-0.39, 0.29) is 0 Å². The van der Waals surface area contributed by atoms with Crippen LogP contribution >= 0.6 is 0 Å². The van der Waals surface area contributed by atoms with Crippen LogP contribution in [0, 0.1) is 11.3 Å². The molecule has 4 nitrogen and oxygen atoms in total. The topological polar surface area (TPSA) is 54.3 Å². The van der Waals surface area contributed by atoms with Crippen molar-refractivity contribution in [3.05, 3.63) is 23.8 Å². The lowest BCUT2D eigenvalue weighted by Gasteiger charge is -2.16. The molecule has 1 unspecified atom stereocenters. The van der Waals surface area contributed by atoms with Crippen LogP contribution < -0.4 is 14.8 Å². The molecule has 0 fully saturated rings. The van der Waals surface area contributed by atoms with Crippen LogP contribution in [0.25, 0.3) is 0 Å². The molecule has 0 aliphatic heterocycles. The Morgan fingerprint density at radius 1 is 1.25 bits per heavy atom. The first-order chi connectivity index (χ1) is 9.60. The molecule has 0 saturated heterocycles. The maximum absolute atomic E-state index is 8.98. The van der Waals surface area contributed by atoms with Crippen molar-refractivity contribution in [2.24, 2.45) is 0 Å². The Morgan fingerprint density at radius 2 is 2.00 bits per heavy atom. The van der Waals surface area contributed by atoms with Crippen LogP contribution in [0.15, 0.2) is 18.2 Å². The zero-order valence-corrected chi connectivity index (χ0v) is 12.8. The van der Waals surface area contributed by atoms with Crippen molar-refractivity contribution in [1.82, 2.24) is 5.32 Å². The number of nitriles is 1. The van der Waals surface area contributed by atoms with E-state index in [1.807, 2.05) is 32.0 Å². The minimum atomic E-state index is -0.436. The molecule has 110 valence electrons. The zero-order chi connectivity index (χ0) is 15.0. The van der Waals surface area contributed by atoms with Gasteiger partial charge in [-0.3, -0.25) is 0 Å². The summed E-state index contributed by atoms with van der Waals surface area (Å²) in [6.45, 7) is 9.44. The van der Waals surface area contributed by atoms with Crippen molar-refractivity contribution >= 4 is 0 Å². The molecule has 0 radical (unpaired) electrons. The lowest BCUT2D eigenvalue weighted by molar-refractivity contribution is 0.231. The predicted molar refractivity (Wildman–Crippen MR) is 79.9 cm³/mol. The van der Waals surface area contributed by atoms with Gasteiger partial charge in [-0.15, -0.1) is 0 Å². The van der Waals surface area contributed by atoms with E-state index in [1.165, 1.54) is 0 Å². The Morgan fingerprint density at radius 3 is 2.55 bits per heavy atom. The third-order valence-corrected chi connectivity index (χ3v) is 2.81. The highest BCUT2D eigenvalue weighted by molar-refractivity contribution is 5.43. The van der Waals surface area contributed by atoms with Crippen molar-refractivity contribution in [2.45, 2.75) is 52.8 Å². The van der Waals surface area contributed by atoms with E-state index in [2.05, 4.69) is 25.2 Å². The third kappa shape index (κ3) is 5.10. The summed E-state index contributed by atoms with van der Waals surface area (Å²) >= 11 is 0. The smallest absolute Gasteiger partial charge is 0.184 e. The van der Waals surface area contributed by atoms with Crippen LogP contribution in [0.5, 0.6) is 11.5 Å². The largest absolute Gasteiger partial charge is 0.490 e. The monoisotopic (exact) mass is 276 g/mol. The van der Waals surface area contributed by atoms with Gasteiger partial charge in [-0.2, -0.15) is 5.26 Å². The molecule has 1 atom stereocenters. The number of nitrogens with zero attached hydrogens (tertiary/aromatic N) is 1. The average Bonchev–Trinajstić information content (AvgIpc) is 2.44. The molecule has 0 spiro atoms. The standard InChI is InChI=1S/C16H24N2O2/c1-5-14(10-17)20-15-8-7-13(11-18-12(3)4)9-16(15)19-6-2/h7-9,12,14,18H,5-6,11H2,1-4H3. The average molecular weight is 276 g/mol. The molecule has 0 amide bonds. The van der Waals surface area contributed by atoms with E-state index >= 15 is 0 Å². The fourth-order valence-electron chi connectivity index (χ4n) is 1.70. The lowest BCUT2D eigenvalue weighted by atomic mass is 10.2. The highest BCUT2D eigenvalue weighted by Gasteiger charge is 2.12. The van der Waals surface area contributed by atoms with Gasteiger partial charge in [-0.05, 0) is 31.0 Å². The molecular formula is C16H24N2O2. The quantitative estimate of drug-likeness (QED) is 0.791. The molecule has 0 aromatic heterocycles. The van der Waals surface area contributed by atoms with Crippen molar-refractivity contribution in [3.63, 3.8) is 0 Å². The molecular weight excluding hydrogens is 252 g/mol. The van der Waals surface area contributed by atoms with Crippen molar-refractivity contribution in [1.29, 1.82) is 5.26 Å². The minimum Gasteiger partial charge on any atom is -0.490 e. The fourth-order valence-corrected chi connectivity index (χ4v) is 1.70. The first-order valence-electron chi connectivity index (χ1n) is 7.16. The molecule has 0 saturated carbocycles. The van der Waals surface area contributed by atoms with Crippen LogP contribution in [0.2, 0.25) is 0 Å². The normalized spacial score (nSPS) is 12.0. The Labute approximate surface area is 121 Å². The highest BCUT2D eigenvalue weighted by atomic mass is 16.5. The summed E-state index contributed by atoms with van der Waals surface area (Å²) < 4.78 is 11.3. The summed E-state index contributed by atoms with van der Waals surface area (Å²) in [6, 6.07) is 8.41. The molecule has 0 bridgehead atoms. The molecule has 0 heterocycles. The van der Waals surface area contributed by atoms with Crippen molar-refractivity contribution in [3.8, 4) is 17.6 Å². The lowest BCUT2D eigenvalue weighted by Crippen LogP contribution is -2.21. The van der Waals surface area contributed by atoms with Crippen molar-refractivity contribution < 1.29 is 9.47 Å². The van der Waals surface area contributed by atoms with E-state index in [1.54, 1.807) is 0 Å². The molecule has 1 aromatic rings. The number of hydrogen-bond donors (Lipinski definition) is 1. The Hall–Kier alpha value is -1.73. The van der Waals surface area contributed by atoms with Crippen LogP contribution in [0.3, 0.4) is 0 Å². The summed E-state index contributed by atoms with van der Waals surface area (Å²) in [5, 5.41) is 12.3. The summed E-state index contributed by atoms with van der Waals surface area (Å²) in [4.78, 5) is 0. The summed E-state index contributed by atoms with van der Waals surface area (Å²) in [5.74, 6) is 1.33. The number of hydrogen-bond acceptors (Lipinski definition) is 4. The van der Waals surface area contributed by atoms with E-state index in [0.29, 0.717) is 30.6 Å². The van der Waals surface area contributed by atoms with E-state index in [4.69, 9.17) is 14.7 Å². The first kappa shape index (κ1) is 16.3. The van der Waals surface area contributed by atoms with Gasteiger partial charge in [0.2, 0.25) is 0 Å². The minimum absolute atomic E-state index is 0.435. The molecule has 0 aliphatic rings. The molecule has 20 heavy (non-hydrogen) atoms. The summed E-state index contributed by atoms with van der Waals surface area (Å²) in [5.41, 5.74) is 1.14. The van der Waals surface area contributed by atoms with Gasteiger partial charge in [0.25, 0.3) is 0 Å². The van der Waals surface area contributed by atoms with Crippen LogP contribution in [0.4, 0.5) is 0 Å². The first-order valence-corrected chi connectivity index (χ1v) is 7.16. The zero-order valence-electron chi connectivity index (χ0n) is 12.8. The predicted octanol–water partition coefficient (Wildman–Crippen LogP) is 3.26. The van der Waals surface area contributed by atoms with Crippen LogP contribution in [-0.2, 0) is 6.54 Å². The Bertz CT molecular complexity index is 452. The van der Waals surface area contributed by atoms with Gasteiger partial charge in [0, 0.05) is 12.6 Å². The number of rotatable bonds is 8. The van der Waals surface area contributed by atoms with Gasteiger partial charge < -0.3 is 14.8 Å². The Balaban J connectivity index is 2.86. The molecule has 4 heteroatoms. The third-order valence-electron chi connectivity index (χ3n) is 2.81. The van der Waals surface area contributed by atoms with E-state index in [9.17, 15) is 0 Å². The second-order valence-electron chi connectivity index (χ2n) is 4.89. The van der Waals surface area contributed by atoms with Gasteiger partial charge in [-0.25, -0.2) is 0 Å². The number of ether oxygens (including phenoxy) is 2. The second kappa shape index (κ2) is 8.44.